The molecule has 0 aromatic heterocycles. The lowest BCUT2D eigenvalue weighted by Crippen LogP contribution is -2.71. The van der Waals surface area contributed by atoms with E-state index < -0.39 is 20.7 Å². The van der Waals surface area contributed by atoms with Gasteiger partial charge in [-0.2, -0.15) is 0 Å². The Morgan fingerprint density at radius 2 is 1.85 bits per heavy atom. The van der Waals surface area contributed by atoms with Crippen LogP contribution in [-0.4, -0.2) is 80.1 Å². The highest BCUT2D eigenvalue weighted by molar-refractivity contribution is 7.92. The van der Waals surface area contributed by atoms with Crippen LogP contribution in [0.1, 0.15) is 18.4 Å². The van der Waals surface area contributed by atoms with Crippen LogP contribution in [0.15, 0.2) is 30.3 Å². The lowest BCUT2D eigenvalue weighted by molar-refractivity contribution is -0.164. The zero-order valence-electron chi connectivity index (χ0n) is 15.0. The molecule has 1 aromatic carbocycles. The number of sulfone groups is 1. The van der Waals surface area contributed by atoms with Gasteiger partial charge in [-0.25, -0.2) is 8.42 Å². The second-order valence-electron chi connectivity index (χ2n) is 7.84. The van der Waals surface area contributed by atoms with Crippen molar-refractivity contribution in [2.45, 2.75) is 30.1 Å². The molecule has 0 aliphatic carbocycles. The quantitative estimate of drug-likeness (QED) is 0.772. The molecular weight excluding hydrogens is 352 g/mol. The molecule has 1 spiro atoms. The van der Waals surface area contributed by atoms with Gasteiger partial charge in [0.1, 0.15) is 5.60 Å². The topological polar surface area (TPSA) is 66.9 Å². The number of hydrogen-bond acceptors (Lipinski definition) is 5. The summed E-state index contributed by atoms with van der Waals surface area (Å²) in [6.07, 6.45) is 2.65. The van der Waals surface area contributed by atoms with Crippen molar-refractivity contribution in [3.63, 3.8) is 0 Å². The Morgan fingerprint density at radius 1 is 1.15 bits per heavy atom. The summed E-state index contributed by atoms with van der Waals surface area (Å²) in [7, 11) is -3.19. The first-order valence-corrected chi connectivity index (χ1v) is 11.1. The van der Waals surface area contributed by atoms with Gasteiger partial charge < -0.3 is 14.5 Å². The lowest BCUT2D eigenvalue weighted by atomic mass is 9.94. The summed E-state index contributed by atoms with van der Waals surface area (Å²) in [6, 6.07) is 9.61. The van der Waals surface area contributed by atoms with E-state index in [1.807, 2.05) is 30.3 Å². The predicted octanol–water partition coefficient (Wildman–Crippen LogP) is 0.720. The molecule has 3 aliphatic rings. The molecule has 6 nitrogen and oxygen atoms in total. The summed E-state index contributed by atoms with van der Waals surface area (Å²) in [6.45, 7) is 3.56. The minimum atomic E-state index is -3.19. The van der Waals surface area contributed by atoms with Crippen molar-refractivity contribution in [3.8, 4) is 0 Å². The van der Waals surface area contributed by atoms with Gasteiger partial charge >= 0.3 is 0 Å². The third-order valence-corrected chi connectivity index (χ3v) is 7.95. The minimum absolute atomic E-state index is 0.0296. The van der Waals surface area contributed by atoms with Gasteiger partial charge in [0.15, 0.2) is 9.84 Å². The molecule has 0 radical (unpaired) electrons. The van der Waals surface area contributed by atoms with E-state index in [0.29, 0.717) is 26.1 Å². The van der Waals surface area contributed by atoms with Gasteiger partial charge in [-0.05, 0) is 31.5 Å². The standard InChI is InChI=1S/C19H26N2O4S/c22-18(10-16-6-2-1-3-7-16)21-13-19(14-21)15-26(23,24)17(12-25-19)11-20-8-4-5-9-20/h1-3,6-7,17H,4-5,8-15H2/t17-/m0/s1. The average molecular weight is 378 g/mol. The van der Waals surface area contributed by atoms with Crippen LogP contribution in [0, 0.1) is 0 Å². The summed E-state index contributed by atoms with van der Waals surface area (Å²) in [5.74, 6) is 0.0650. The van der Waals surface area contributed by atoms with E-state index in [9.17, 15) is 13.2 Å². The van der Waals surface area contributed by atoms with Crippen LogP contribution in [0.2, 0.25) is 0 Å². The number of nitrogens with zero attached hydrogens (tertiary/aromatic N) is 2. The number of rotatable bonds is 4. The average Bonchev–Trinajstić information content (AvgIpc) is 3.08. The molecule has 0 unspecified atom stereocenters. The molecule has 4 rings (SSSR count). The zero-order chi connectivity index (χ0) is 18.2. The fraction of sp³-hybridized carbons (Fsp3) is 0.632. The molecule has 1 aromatic rings. The Labute approximate surface area is 155 Å². The van der Waals surface area contributed by atoms with E-state index in [1.165, 1.54) is 0 Å². The van der Waals surface area contributed by atoms with E-state index >= 15 is 0 Å². The number of carbonyl (C=O) groups is 1. The highest BCUT2D eigenvalue weighted by atomic mass is 32.2. The van der Waals surface area contributed by atoms with Gasteiger partial charge in [0.25, 0.3) is 0 Å². The smallest absolute Gasteiger partial charge is 0.227 e. The van der Waals surface area contributed by atoms with Crippen molar-refractivity contribution in [2.24, 2.45) is 0 Å². The number of hydrogen-bond donors (Lipinski definition) is 0. The first-order valence-electron chi connectivity index (χ1n) is 9.35. The molecule has 142 valence electrons. The van der Waals surface area contributed by atoms with Crippen molar-refractivity contribution in [1.82, 2.24) is 9.80 Å². The largest absolute Gasteiger partial charge is 0.369 e. The molecule has 1 atom stereocenters. The number of ether oxygens (including phenoxy) is 1. The number of amides is 1. The van der Waals surface area contributed by atoms with Crippen LogP contribution in [0.3, 0.4) is 0 Å². The van der Waals surface area contributed by atoms with E-state index in [0.717, 1.165) is 31.5 Å². The molecule has 0 saturated carbocycles. The normalized spacial score (nSPS) is 27.4. The van der Waals surface area contributed by atoms with Crippen LogP contribution < -0.4 is 0 Å². The Kier molecular flexibility index (Phi) is 4.79. The molecule has 7 heteroatoms. The van der Waals surface area contributed by atoms with Crippen LogP contribution in [0.5, 0.6) is 0 Å². The second kappa shape index (κ2) is 6.94. The van der Waals surface area contributed by atoms with Crippen LogP contribution in [0.25, 0.3) is 0 Å². The van der Waals surface area contributed by atoms with Gasteiger partial charge in [0, 0.05) is 6.54 Å². The summed E-state index contributed by atoms with van der Waals surface area (Å²) < 4.78 is 31.5. The maximum atomic E-state index is 12.7. The summed E-state index contributed by atoms with van der Waals surface area (Å²) in [5.41, 5.74) is 0.286. The summed E-state index contributed by atoms with van der Waals surface area (Å²) in [5, 5.41) is -0.430. The SMILES string of the molecule is O=C(Cc1ccccc1)N1CC2(C1)CS(=O)(=O)[C@@H](CN1CCCC1)CO2. The van der Waals surface area contributed by atoms with Crippen molar-refractivity contribution in [3.05, 3.63) is 35.9 Å². The number of likely N-dealkylation sites (tertiary alicyclic amines) is 2. The van der Waals surface area contributed by atoms with Crippen molar-refractivity contribution in [2.75, 3.05) is 45.1 Å². The van der Waals surface area contributed by atoms with Gasteiger partial charge in [0.2, 0.25) is 5.91 Å². The molecule has 0 bridgehead atoms. The Hall–Kier alpha value is -1.44. The van der Waals surface area contributed by atoms with Gasteiger partial charge in [-0.1, -0.05) is 30.3 Å². The van der Waals surface area contributed by atoms with E-state index in [2.05, 4.69) is 4.90 Å². The van der Waals surface area contributed by atoms with Crippen LogP contribution >= 0.6 is 0 Å². The first-order chi connectivity index (χ1) is 12.5. The zero-order valence-corrected chi connectivity index (χ0v) is 15.8. The van der Waals surface area contributed by atoms with Crippen molar-refractivity contribution >= 4 is 15.7 Å². The Morgan fingerprint density at radius 3 is 2.50 bits per heavy atom. The first kappa shape index (κ1) is 17.9. The summed E-state index contributed by atoms with van der Waals surface area (Å²) >= 11 is 0. The molecule has 3 saturated heterocycles. The third-order valence-electron chi connectivity index (χ3n) is 5.72. The molecule has 26 heavy (non-hydrogen) atoms. The van der Waals surface area contributed by atoms with Crippen LogP contribution in [-0.2, 0) is 25.8 Å². The second-order valence-corrected chi connectivity index (χ2v) is 10.1. The monoisotopic (exact) mass is 378 g/mol. The maximum absolute atomic E-state index is 12.7. The summed E-state index contributed by atoms with van der Waals surface area (Å²) in [4.78, 5) is 16.3. The van der Waals surface area contributed by atoms with Gasteiger partial charge in [-0.3, -0.25) is 4.79 Å². The highest BCUT2D eigenvalue weighted by Gasteiger charge is 2.53. The Bertz CT molecular complexity index is 753. The number of carbonyl (C=O) groups excluding carboxylic acids is 1. The maximum Gasteiger partial charge on any atom is 0.227 e. The fourth-order valence-corrected chi connectivity index (χ4v) is 6.16. The molecule has 3 fully saturated rings. The Balaban J connectivity index is 1.32. The van der Waals surface area contributed by atoms with Crippen molar-refractivity contribution < 1.29 is 17.9 Å². The predicted molar refractivity (Wildman–Crippen MR) is 98.7 cm³/mol. The van der Waals surface area contributed by atoms with E-state index in [1.54, 1.807) is 4.90 Å². The van der Waals surface area contributed by atoms with E-state index in [-0.39, 0.29) is 18.3 Å². The van der Waals surface area contributed by atoms with Gasteiger partial charge in [-0.15, -0.1) is 0 Å². The molecule has 0 N–H and O–H groups in total. The molecule has 3 aliphatic heterocycles. The van der Waals surface area contributed by atoms with Gasteiger partial charge in [0.05, 0.1) is 37.1 Å². The lowest BCUT2D eigenvalue weighted by Gasteiger charge is -2.52. The van der Waals surface area contributed by atoms with E-state index in [4.69, 9.17) is 4.74 Å². The molecule has 1 amide bonds. The minimum Gasteiger partial charge on any atom is -0.369 e. The fourth-order valence-electron chi connectivity index (χ4n) is 4.21. The highest BCUT2D eigenvalue weighted by Crippen LogP contribution is 2.33. The third kappa shape index (κ3) is 3.66. The molecule has 3 heterocycles. The van der Waals surface area contributed by atoms with Crippen molar-refractivity contribution in [1.29, 1.82) is 0 Å². The molecular formula is C19H26N2O4S. The van der Waals surface area contributed by atoms with Crippen LogP contribution in [0.4, 0.5) is 0 Å². The number of benzene rings is 1.